The lowest BCUT2D eigenvalue weighted by atomic mass is 10.1. The molecule has 0 N–H and O–H groups in total. The Morgan fingerprint density at radius 2 is 0.939 bits per heavy atom. The van der Waals surface area contributed by atoms with Gasteiger partial charge in [-0.25, -0.2) is 0 Å². The molecule has 0 aliphatic carbocycles. The van der Waals surface area contributed by atoms with E-state index in [-0.39, 0.29) is 37.4 Å². The molecule has 0 fully saturated rings. The second-order valence-corrected chi connectivity index (χ2v) is 11.5. The molecule has 0 radical (unpaired) electrons. The first-order valence-corrected chi connectivity index (χ1v) is 12.8. The second kappa shape index (κ2) is 16.0. The van der Waals surface area contributed by atoms with Crippen LogP contribution in [0.3, 0.4) is 0 Å². The highest BCUT2D eigenvalue weighted by molar-refractivity contribution is 7.81. The van der Waals surface area contributed by atoms with Gasteiger partial charge in [-0.1, -0.05) is 41.0 Å². The lowest BCUT2D eigenvalue weighted by molar-refractivity contribution is -0.365. The van der Waals surface area contributed by atoms with E-state index in [9.17, 15) is 19.2 Å². The Labute approximate surface area is 218 Å². The first-order valence-electron chi connectivity index (χ1n) is 10.8. The smallest absolute Gasteiger partial charge is 0.449 e. The number of ether oxygens (including phenoxy) is 4. The minimum absolute atomic E-state index is 0.0652. The average molecular weight is 545 g/mol. The van der Waals surface area contributed by atoms with E-state index in [1.165, 1.54) is 0 Å². The first-order chi connectivity index (χ1) is 15.2. The topological polar surface area (TPSA) is 105 Å². The highest BCUT2D eigenvalue weighted by Crippen LogP contribution is 2.30. The molecule has 0 aromatic carbocycles. The van der Waals surface area contributed by atoms with Crippen LogP contribution in [0.4, 0.5) is 0 Å². The summed E-state index contributed by atoms with van der Waals surface area (Å²) < 4.78 is 21.9. The van der Waals surface area contributed by atoms with E-state index in [0.29, 0.717) is 6.42 Å². The SMILES string of the molecule is CCCC(OC(=O)CC(C)S)C(OC(=O)CC(C)S)(OC(=O)CC(C)S)OC(=O)CC(C)S. The summed E-state index contributed by atoms with van der Waals surface area (Å²) in [5.74, 6) is -5.84. The molecule has 5 atom stereocenters. The van der Waals surface area contributed by atoms with E-state index >= 15 is 0 Å². The van der Waals surface area contributed by atoms with E-state index in [1.807, 2.05) is 0 Å². The normalized spacial score (nSPS) is 17.5. The number of esters is 4. The van der Waals surface area contributed by atoms with Gasteiger partial charge >= 0.3 is 29.9 Å². The van der Waals surface area contributed by atoms with E-state index < -0.39 is 51.7 Å². The third kappa shape index (κ3) is 14.3. The fourth-order valence-corrected chi connectivity index (χ4v) is 3.20. The third-order valence-corrected chi connectivity index (χ3v) is 4.57. The Kier molecular flexibility index (Phi) is 15.7. The van der Waals surface area contributed by atoms with Gasteiger partial charge in [0.15, 0.2) is 0 Å². The van der Waals surface area contributed by atoms with E-state index in [0.717, 1.165) is 0 Å². The molecule has 0 heterocycles. The molecular formula is C21H36O8S4. The van der Waals surface area contributed by atoms with Gasteiger partial charge in [-0.2, -0.15) is 50.5 Å². The monoisotopic (exact) mass is 544 g/mol. The van der Waals surface area contributed by atoms with Crippen LogP contribution in [0.15, 0.2) is 0 Å². The van der Waals surface area contributed by atoms with Gasteiger partial charge in [0.05, 0.1) is 25.7 Å². The van der Waals surface area contributed by atoms with Gasteiger partial charge < -0.3 is 18.9 Å². The van der Waals surface area contributed by atoms with Crippen molar-refractivity contribution in [2.24, 2.45) is 0 Å². The first kappa shape index (κ1) is 32.3. The number of carbonyl (C=O) groups is 4. The van der Waals surface area contributed by atoms with Crippen LogP contribution in [0.2, 0.25) is 0 Å². The molecule has 0 aromatic heterocycles. The van der Waals surface area contributed by atoms with Crippen LogP contribution in [0.1, 0.15) is 73.1 Å². The summed E-state index contributed by atoms with van der Waals surface area (Å²) >= 11 is 16.7. The van der Waals surface area contributed by atoms with Crippen molar-refractivity contribution in [3.8, 4) is 0 Å². The molecule has 8 nitrogen and oxygen atoms in total. The molecule has 0 spiro atoms. The van der Waals surface area contributed by atoms with Crippen LogP contribution < -0.4 is 0 Å². The number of carbonyl (C=O) groups excluding carboxylic acids is 4. The molecule has 5 unspecified atom stereocenters. The van der Waals surface area contributed by atoms with Crippen LogP contribution >= 0.6 is 50.5 Å². The summed E-state index contributed by atoms with van der Waals surface area (Å²) in [6.07, 6.45) is -1.49. The summed E-state index contributed by atoms with van der Waals surface area (Å²) in [7, 11) is 0. The molecule has 0 aromatic rings. The summed E-state index contributed by atoms with van der Waals surface area (Å²) in [5, 5.41) is -1.50. The van der Waals surface area contributed by atoms with Crippen LogP contribution in [-0.4, -0.2) is 57.0 Å². The predicted octanol–water partition coefficient (Wildman–Crippen LogP) is 3.82. The zero-order chi connectivity index (χ0) is 25.8. The number of hydrogen-bond donors (Lipinski definition) is 4. The van der Waals surface area contributed by atoms with Gasteiger partial charge in [0.25, 0.3) is 0 Å². The van der Waals surface area contributed by atoms with Crippen molar-refractivity contribution < 1.29 is 38.1 Å². The largest absolute Gasteiger partial charge is 0.463 e. The zero-order valence-corrected chi connectivity index (χ0v) is 23.3. The molecule has 0 aliphatic heterocycles. The van der Waals surface area contributed by atoms with Gasteiger partial charge in [-0.3, -0.25) is 19.2 Å². The van der Waals surface area contributed by atoms with E-state index in [2.05, 4.69) is 50.5 Å². The molecule has 0 saturated heterocycles. The molecule has 12 heteroatoms. The summed E-state index contributed by atoms with van der Waals surface area (Å²) in [4.78, 5) is 50.3. The summed E-state index contributed by atoms with van der Waals surface area (Å²) in [5.41, 5.74) is 0. The minimum atomic E-state index is -2.61. The van der Waals surface area contributed by atoms with Gasteiger partial charge in [0.2, 0.25) is 6.10 Å². The highest BCUT2D eigenvalue weighted by Gasteiger charge is 2.53. The maximum atomic E-state index is 12.6. The molecule has 33 heavy (non-hydrogen) atoms. The van der Waals surface area contributed by atoms with Crippen molar-refractivity contribution in [1.82, 2.24) is 0 Å². The highest BCUT2D eigenvalue weighted by atomic mass is 32.1. The predicted molar refractivity (Wildman–Crippen MR) is 138 cm³/mol. The summed E-state index contributed by atoms with van der Waals surface area (Å²) in [6, 6.07) is 0. The quantitative estimate of drug-likeness (QED) is 0.140. The van der Waals surface area contributed by atoms with E-state index in [1.54, 1.807) is 34.6 Å². The third-order valence-electron chi connectivity index (χ3n) is 3.84. The van der Waals surface area contributed by atoms with Crippen LogP contribution in [0.25, 0.3) is 0 Å². The second-order valence-electron chi connectivity index (χ2n) is 8.01. The standard InChI is InChI=1S/C21H36O8S4/c1-6-7-16(26-17(22)8-12(2)30)21(27-18(23)9-13(3)31,28-19(24)10-14(4)32)29-20(25)11-15(5)33/h12-16,30-33H,6-11H2,1-5H3. The Morgan fingerprint density at radius 1 is 0.636 bits per heavy atom. The molecule has 0 rings (SSSR count). The van der Waals surface area contributed by atoms with Gasteiger partial charge in [-0.05, 0) is 6.42 Å². The Morgan fingerprint density at radius 3 is 1.21 bits per heavy atom. The Hall–Kier alpha value is -0.720. The van der Waals surface area contributed by atoms with Crippen molar-refractivity contribution in [3.05, 3.63) is 0 Å². The summed E-state index contributed by atoms with van der Waals surface area (Å²) in [6.45, 7) is 8.45. The van der Waals surface area contributed by atoms with Crippen molar-refractivity contribution in [2.75, 3.05) is 0 Å². The van der Waals surface area contributed by atoms with Gasteiger partial charge in [0.1, 0.15) is 0 Å². The van der Waals surface area contributed by atoms with Crippen molar-refractivity contribution >= 4 is 74.4 Å². The number of rotatable bonds is 15. The van der Waals surface area contributed by atoms with Crippen LogP contribution in [0.5, 0.6) is 0 Å². The van der Waals surface area contributed by atoms with Crippen molar-refractivity contribution in [3.63, 3.8) is 0 Å². The zero-order valence-electron chi connectivity index (χ0n) is 19.7. The van der Waals surface area contributed by atoms with Crippen LogP contribution in [0, 0.1) is 0 Å². The van der Waals surface area contributed by atoms with Crippen molar-refractivity contribution in [2.45, 2.75) is 106 Å². The fraction of sp³-hybridized carbons (Fsp3) is 0.810. The van der Waals surface area contributed by atoms with Gasteiger partial charge in [0, 0.05) is 21.0 Å². The molecular weight excluding hydrogens is 508 g/mol. The lowest BCUT2D eigenvalue weighted by Crippen LogP contribution is -2.55. The molecule has 0 bridgehead atoms. The van der Waals surface area contributed by atoms with Crippen LogP contribution in [-0.2, 0) is 38.1 Å². The van der Waals surface area contributed by atoms with Crippen molar-refractivity contribution in [1.29, 1.82) is 0 Å². The fourth-order valence-electron chi connectivity index (χ4n) is 2.60. The molecule has 0 amide bonds. The molecule has 0 saturated carbocycles. The van der Waals surface area contributed by atoms with Gasteiger partial charge in [-0.15, -0.1) is 0 Å². The average Bonchev–Trinajstić information content (AvgIpc) is 2.57. The van der Waals surface area contributed by atoms with E-state index in [4.69, 9.17) is 18.9 Å². The molecule has 192 valence electrons. The maximum Gasteiger partial charge on any atom is 0.463 e. The Bertz CT molecular complexity index is 592. The number of thiol groups is 4. The Balaban J connectivity index is 6.37. The maximum absolute atomic E-state index is 12.6. The minimum Gasteiger partial charge on any atom is -0.449 e. The number of hydrogen-bond acceptors (Lipinski definition) is 12. The lowest BCUT2D eigenvalue weighted by Gasteiger charge is -2.37. The molecule has 0 aliphatic rings.